The van der Waals surface area contributed by atoms with Crippen LogP contribution in [0.5, 0.6) is 0 Å². The molecule has 0 aliphatic carbocycles. The van der Waals surface area contributed by atoms with Crippen LogP contribution in [0.1, 0.15) is 11.5 Å². The molecule has 2 aliphatic heterocycles. The second-order valence-electron chi connectivity index (χ2n) is 7.27. The van der Waals surface area contributed by atoms with Gasteiger partial charge in [-0.25, -0.2) is 4.90 Å². The number of nitrogens with zero attached hydrogens (tertiary/aromatic N) is 6. The summed E-state index contributed by atoms with van der Waals surface area (Å²) in [6, 6.07) is 8.72. The molecule has 9 nitrogen and oxygen atoms in total. The van der Waals surface area contributed by atoms with Crippen molar-refractivity contribution in [1.29, 1.82) is 0 Å². The average Bonchev–Trinajstić information content (AvgIpc) is 3.46. The number of carbonyl (C=O) groups excluding carboxylic acids is 2. The van der Waals surface area contributed by atoms with Gasteiger partial charge in [0, 0.05) is 10.6 Å². The quantitative estimate of drug-likeness (QED) is 0.529. The van der Waals surface area contributed by atoms with Crippen LogP contribution in [0.15, 0.2) is 63.4 Å². The van der Waals surface area contributed by atoms with Gasteiger partial charge in [-0.05, 0) is 30.3 Å². The number of carbonyl (C=O) groups is 2. The number of rotatable bonds is 4. The Morgan fingerprint density at radius 1 is 1.06 bits per heavy atom. The van der Waals surface area contributed by atoms with Crippen molar-refractivity contribution in [2.75, 3.05) is 4.90 Å². The normalized spacial score (nSPS) is 20.1. The zero-order valence-electron chi connectivity index (χ0n) is 16.4. The van der Waals surface area contributed by atoms with Crippen LogP contribution < -0.4 is 4.90 Å². The lowest BCUT2D eigenvalue weighted by atomic mass is 10.1. The fourth-order valence-corrected chi connectivity index (χ4v) is 3.82. The molecule has 1 saturated heterocycles. The monoisotopic (exact) mass is 476 g/mol. The van der Waals surface area contributed by atoms with Gasteiger partial charge in [-0.2, -0.15) is 23.3 Å². The van der Waals surface area contributed by atoms with E-state index in [0.29, 0.717) is 10.7 Å². The van der Waals surface area contributed by atoms with Crippen molar-refractivity contribution in [1.82, 2.24) is 15.1 Å². The van der Waals surface area contributed by atoms with Gasteiger partial charge in [0.25, 0.3) is 11.8 Å². The predicted octanol–water partition coefficient (Wildman–Crippen LogP) is 3.90. The van der Waals surface area contributed by atoms with E-state index in [1.807, 2.05) is 0 Å². The molecule has 1 aromatic heterocycles. The van der Waals surface area contributed by atoms with E-state index in [-0.39, 0.29) is 23.8 Å². The lowest BCUT2D eigenvalue weighted by molar-refractivity contribution is -0.137. The fourth-order valence-electron chi connectivity index (χ4n) is 3.63. The van der Waals surface area contributed by atoms with Crippen LogP contribution in [0.25, 0.3) is 11.4 Å². The highest BCUT2D eigenvalue weighted by Gasteiger charge is 2.55. The average molecular weight is 477 g/mol. The maximum Gasteiger partial charge on any atom is 0.416 e. The number of hydrogen-bond donors (Lipinski definition) is 0. The van der Waals surface area contributed by atoms with E-state index in [1.54, 1.807) is 18.2 Å². The van der Waals surface area contributed by atoms with Crippen molar-refractivity contribution >= 4 is 29.1 Å². The Balaban J connectivity index is 1.36. The molecule has 0 saturated carbocycles. The first-order chi connectivity index (χ1) is 15.7. The topological polar surface area (TPSA) is 104 Å². The molecule has 5 rings (SSSR count). The van der Waals surface area contributed by atoms with Crippen LogP contribution >= 0.6 is 11.6 Å². The van der Waals surface area contributed by atoms with E-state index in [1.165, 1.54) is 23.2 Å². The van der Waals surface area contributed by atoms with Crippen LogP contribution in [-0.4, -0.2) is 39.0 Å². The third kappa shape index (κ3) is 3.71. The summed E-state index contributed by atoms with van der Waals surface area (Å²) in [6.45, 7) is -0.168. The first kappa shape index (κ1) is 21.1. The van der Waals surface area contributed by atoms with Gasteiger partial charge in [0.1, 0.15) is 6.54 Å². The van der Waals surface area contributed by atoms with E-state index in [2.05, 4.69) is 20.5 Å². The molecule has 33 heavy (non-hydrogen) atoms. The number of halogens is 4. The minimum Gasteiger partial charge on any atom is -0.337 e. The van der Waals surface area contributed by atoms with Gasteiger partial charge in [-0.1, -0.05) is 40.2 Å². The Hall–Kier alpha value is -3.80. The lowest BCUT2D eigenvalue weighted by Gasteiger charge is -2.19. The van der Waals surface area contributed by atoms with Gasteiger partial charge in [0.2, 0.25) is 11.7 Å². The molecule has 1 fully saturated rings. The fraction of sp³-hybridized carbons (Fsp3) is 0.200. The number of alkyl halides is 3. The first-order valence-corrected chi connectivity index (χ1v) is 9.91. The minimum absolute atomic E-state index is 0.0107. The third-order valence-electron chi connectivity index (χ3n) is 5.14. The summed E-state index contributed by atoms with van der Waals surface area (Å²) in [5.41, 5.74) is -0.426. The Kier molecular flexibility index (Phi) is 4.89. The maximum absolute atomic E-state index is 13.0. The SMILES string of the molecule is O=C1C2N=NN(Cc3nc(-c4cccc(C(F)(F)F)c4)no3)C2C(=O)N1c1cccc(Cl)c1. The number of hydrogen-bond acceptors (Lipinski definition) is 8. The Bertz CT molecular complexity index is 1290. The summed E-state index contributed by atoms with van der Waals surface area (Å²) in [5.74, 6) is -1.16. The van der Waals surface area contributed by atoms with Crippen molar-refractivity contribution in [3.8, 4) is 11.4 Å². The molecule has 0 N–H and O–H groups in total. The third-order valence-corrected chi connectivity index (χ3v) is 5.37. The van der Waals surface area contributed by atoms with Crippen molar-refractivity contribution in [2.45, 2.75) is 24.8 Å². The van der Waals surface area contributed by atoms with Crippen LogP contribution in [0, 0.1) is 0 Å². The molecule has 2 amide bonds. The molecule has 2 aliphatic rings. The zero-order chi connectivity index (χ0) is 23.3. The summed E-state index contributed by atoms with van der Waals surface area (Å²) in [6.07, 6.45) is -4.52. The second-order valence-corrected chi connectivity index (χ2v) is 7.71. The van der Waals surface area contributed by atoms with Gasteiger partial charge >= 0.3 is 6.18 Å². The molecular weight excluding hydrogens is 465 g/mol. The van der Waals surface area contributed by atoms with Gasteiger partial charge in [0.05, 0.1) is 11.3 Å². The van der Waals surface area contributed by atoms with Gasteiger partial charge in [-0.15, -0.1) is 0 Å². The van der Waals surface area contributed by atoms with E-state index < -0.39 is 35.6 Å². The van der Waals surface area contributed by atoms with Crippen LogP contribution in [0.3, 0.4) is 0 Å². The van der Waals surface area contributed by atoms with E-state index in [0.717, 1.165) is 17.0 Å². The summed E-state index contributed by atoms with van der Waals surface area (Å²) < 4.78 is 44.0. The van der Waals surface area contributed by atoms with E-state index in [4.69, 9.17) is 16.1 Å². The van der Waals surface area contributed by atoms with Crippen molar-refractivity contribution < 1.29 is 27.3 Å². The highest BCUT2D eigenvalue weighted by atomic mass is 35.5. The van der Waals surface area contributed by atoms with E-state index in [9.17, 15) is 22.8 Å². The minimum atomic E-state index is -4.52. The summed E-state index contributed by atoms with van der Waals surface area (Å²) in [5, 5.41) is 13.1. The Labute approximate surface area is 188 Å². The number of imide groups is 1. The molecular formula is C20H12ClF3N6O3. The molecule has 2 atom stereocenters. The molecule has 0 bridgehead atoms. The highest BCUT2D eigenvalue weighted by molar-refractivity contribution is 6.31. The largest absolute Gasteiger partial charge is 0.416 e. The van der Waals surface area contributed by atoms with Crippen molar-refractivity contribution in [2.24, 2.45) is 10.3 Å². The first-order valence-electron chi connectivity index (χ1n) is 9.53. The molecule has 168 valence electrons. The second kappa shape index (κ2) is 7.66. The summed E-state index contributed by atoms with van der Waals surface area (Å²) >= 11 is 5.97. The van der Waals surface area contributed by atoms with Crippen LogP contribution in [-0.2, 0) is 22.3 Å². The summed E-state index contributed by atoms with van der Waals surface area (Å²) in [7, 11) is 0. The molecule has 0 spiro atoms. The highest BCUT2D eigenvalue weighted by Crippen LogP contribution is 2.34. The molecule has 13 heteroatoms. The Morgan fingerprint density at radius 2 is 1.85 bits per heavy atom. The lowest BCUT2D eigenvalue weighted by Crippen LogP contribution is -2.39. The van der Waals surface area contributed by atoms with Crippen LogP contribution in [0.2, 0.25) is 5.02 Å². The Morgan fingerprint density at radius 3 is 2.61 bits per heavy atom. The molecule has 0 radical (unpaired) electrons. The number of amides is 2. The van der Waals surface area contributed by atoms with Gasteiger partial charge < -0.3 is 4.52 Å². The van der Waals surface area contributed by atoms with Crippen molar-refractivity contribution in [3.63, 3.8) is 0 Å². The zero-order valence-corrected chi connectivity index (χ0v) is 17.2. The van der Waals surface area contributed by atoms with Gasteiger partial charge in [-0.3, -0.25) is 14.6 Å². The van der Waals surface area contributed by atoms with E-state index >= 15 is 0 Å². The van der Waals surface area contributed by atoms with Crippen molar-refractivity contribution in [3.05, 3.63) is 65.0 Å². The summed E-state index contributed by atoms with van der Waals surface area (Å²) in [4.78, 5) is 30.8. The maximum atomic E-state index is 13.0. The number of anilines is 1. The van der Waals surface area contributed by atoms with Gasteiger partial charge in [0.15, 0.2) is 12.1 Å². The standard InChI is InChI=1S/C20H12ClF3N6O3/c21-12-5-2-6-13(8-12)30-18(31)15-16(19(30)32)29(28-26-15)9-14-25-17(27-33-14)10-3-1-4-11(7-10)20(22,23)24/h1-8,15-16H,9H2. The molecule has 2 aromatic carbocycles. The predicted molar refractivity (Wildman–Crippen MR) is 107 cm³/mol. The molecule has 3 heterocycles. The van der Waals surface area contributed by atoms with Crippen LogP contribution in [0.4, 0.5) is 18.9 Å². The molecule has 3 aromatic rings. The molecule has 2 unspecified atom stereocenters. The number of aromatic nitrogens is 2. The number of benzene rings is 2. The number of fused-ring (bicyclic) bond motifs is 1. The smallest absolute Gasteiger partial charge is 0.337 e.